The summed E-state index contributed by atoms with van der Waals surface area (Å²) in [5.41, 5.74) is 12.3. The maximum Gasteiger partial charge on any atom is 0.490 e. The van der Waals surface area contributed by atoms with Crippen LogP contribution in [-0.2, 0) is 26.8 Å². The zero-order valence-electron chi connectivity index (χ0n) is 14.8. The maximum absolute atomic E-state index is 11.9. The third-order valence-electron chi connectivity index (χ3n) is 4.87. The molecule has 0 aromatic carbocycles. The zero-order valence-corrected chi connectivity index (χ0v) is 17.5. The highest BCUT2D eigenvalue weighted by atomic mass is 31.3. The van der Waals surface area contributed by atoms with Crippen LogP contribution in [0.1, 0.15) is 18.9 Å². The summed E-state index contributed by atoms with van der Waals surface area (Å²) < 4.78 is 48.1. The van der Waals surface area contributed by atoms with Gasteiger partial charge in [-0.3, -0.25) is 4.52 Å². The number of hydrogen-bond donors (Lipinski definition) is 6. The molecular weight excluding hydrogens is 469 g/mol. The molecular formula is C11H17N6O10P3. The van der Waals surface area contributed by atoms with Gasteiger partial charge in [0.05, 0.1) is 12.4 Å². The van der Waals surface area contributed by atoms with E-state index in [0.717, 1.165) is 0 Å². The van der Waals surface area contributed by atoms with Crippen molar-refractivity contribution >= 4 is 46.4 Å². The van der Waals surface area contributed by atoms with Gasteiger partial charge in [0, 0.05) is 6.04 Å². The minimum atomic E-state index is -5.53. The smallest absolute Gasteiger partial charge is 0.382 e. The van der Waals surface area contributed by atoms with Gasteiger partial charge in [-0.05, 0) is 24.7 Å². The van der Waals surface area contributed by atoms with E-state index in [1.165, 1.54) is 0 Å². The van der Waals surface area contributed by atoms with Crippen molar-refractivity contribution in [2.45, 2.75) is 25.0 Å². The third kappa shape index (κ3) is 4.43. The van der Waals surface area contributed by atoms with Gasteiger partial charge in [0.15, 0.2) is 11.5 Å². The first-order valence-electron chi connectivity index (χ1n) is 8.32. The molecule has 2 aliphatic rings. The fourth-order valence-corrected chi connectivity index (χ4v) is 7.09. The molecule has 2 saturated carbocycles. The molecule has 2 aromatic heterocycles. The highest BCUT2D eigenvalue weighted by Crippen LogP contribution is 2.69. The number of nitrogens with two attached hydrogens (primary N) is 2. The molecule has 8 N–H and O–H groups in total. The molecule has 166 valence electrons. The molecule has 2 aromatic rings. The number of hydrogen-bond acceptors (Lipinski definition) is 11. The Balaban J connectivity index is 1.40. The minimum absolute atomic E-state index is 0.00422. The Hall–Kier alpha value is -1.44. The van der Waals surface area contributed by atoms with Crippen molar-refractivity contribution < 1.29 is 46.4 Å². The van der Waals surface area contributed by atoms with Gasteiger partial charge in [-0.15, -0.1) is 0 Å². The molecule has 0 aliphatic heterocycles. The van der Waals surface area contributed by atoms with E-state index in [0.29, 0.717) is 24.0 Å². The molecule has 0 amide bonds. The van der Waals surface area contributed by atoms with Crippen LogP contribution in [0.5, 0.6) is 0 Å². The van der Waals surface area contributed by atoms with E-state index in [9.17, 15) is 23.5 Å². The summed E-state index contributed by atoms with van der Waals surface area (Å²) in [5.74, 6) is -0.178. The second-order valence-corrected chi connectivity index (χ2v) is 11.3. The Bertz CT molecular complexity index is 1140. The van der Waals surface area contributed by atoms with E-state index in [-0.39, 0.29) is 29.6 Å². The Kier molecular flexibility index (Phi) is 5.11. The molecule has 16 nitrogen and oxygen atoms in total. The number of nitrogen functional groups attached to an aromatic ring is 2. The number of aromatic nitrogens is 4. The SMILES string of the molecule is Nc1nc(N)c2ncn(C3CC4C(OP(=O)(O)OP(=O)(O)OP(=O)(O)O)[C@H]4C3)c2n1. The molecule has 2 fully saturated rings. The summed E-state index contributed by atoms with van der Waals surface area (Å²) in [7, 11) is -16.1. The van der Waals surface area contributed by atoms with Crippen molar-refractivity contribution in [3.05, 3.63) is 6.33 Å². The summed E-state index contributed by atoms with van der Waals surface area (Å²) in [6.45, 7) is 0. The van der Waals surface area contributed by atoms with Crippen molar-refractivity contribution in [3.63, 3.8) is 0 Å². The van der Waals surface area contributed by atoms with Crippen molar-refractivity contribution in [1.82, 2.24) is 19.5 Å². The van der Waals surface area contributed by atoms with Crippen molar-refractivity contribution in [1.29, 1.82) is 0 Å². The summed E-state index contributed by atoms with van der Waals surface area (Å²) in [4.78, 5) is 48.1. The lowest BCUT2D eigenvalue weighted by Gasteiger charge is -2.19. The van der Waals surface area contributed by atoms with Gasteiger partial charge in [-0.1, -0.05) is 0 Å². The van der Waals surface area contributed by atoms with Crippen LogP contribution in [0.3, 0.4) is 0 Å². The first-order chi connectivity index (χ1) is 13.7. The van der Waals surface area contributed by atoms with Gasteiger partial charge in [-0.25, -0.2) is 18.7 Å². The lowest BCUT2D eigenvalue weighted by atomic mass is 10.1. The fraction of sp³-hybridized carbons (Fsp3) is 0.545. The lowest BCUT2D eigenvalue weighted by molar-refractivity contribution is 0.148. The first kappa shape index (κ1) is 21.8. The van der Waals surface area contributed by atoms with Crippen LogP contribution in [0.25, 0.3) is 11.2 Å². The second kappa shape index (κ2) is 7.04. The largest absolute Gasteiger partial charge is 0.490 e. The summed E-state index contributed by atoms with van der Waals surface area (Å²) in [5, 5.41) is 0. The van der Waals surface area contributed by atoms with E-state index in [1.807, 2.05) is 0 Å². The molecule has 30 heavy (non-hydrogen) atoms. The van der Waals surface area contributed by atoms with Crippen molar-refractivity contribution in [2.75, 3.05) is 11.5 Å². The van der Waals surface area contributed by atoms with Crippen molar-refractivity contribution in [2.24, 2.45) is 11.8 Å². The van der Waals surface area contributed by atoms with E-state index in [2.05, 4.69) is 23.6 Å². The van der Waals surface area contributed by atoms with Crippen LogP contribution in [0.4, 0.5) is 11.8 Å². The highest BCUT2D eigenvalue weighted by Gasteiger charge is 2.60. The van der Waals surface area contributed by atoms with Crippen LogP contribution in [0.2, 0.25) is 0 Å². The number of rotatable bonds is 7. The second-order valence-electron chi connectivity index (χ2n) is 6.91. The van der Waals surface area contributed by atoms with Crippen LogP contribution < -0.4 is 11.5 Å². The fourth-order valence-electron chi connectivity index (χ4n) is 3.81. The van der Waals surface area contributed by atoms with E-state index in [4.69, 9.17) is 25.8 Å². The molecule has 0 bridgehead atoms. The number of phosphoric ester groups is 1. The van der Waals surface area contributed by atoms with Gasteiger partial charge in [0.1, 0.15) is 5.52 Å². The number of fused-ring (bicyclic) bond motifs is 2. The zero-order chi connectivity index (χ0) is 22.1. The predicted molar refractivity (Wildman–Crippen MR) is 98.1 cm³/mol. The van der Waals surface area contributed by atoms with Crippen LogP contribution >= 0.6 is 23.5 Å². The number of phosphoric acid groups is 3. The molecule has 2 heterocycles. The van der Waals surface area contributed by atoms with Gasteiger partial charge in [-0.2, -0.15) is 18.6 Å². The van der Waals surface area contributed by atoms with Crippen LogP contribution in [0, 0.1) is 11.8 Å². The lowest BCUT2D eigenvalue weighted by Crippen LogP contribution is -2.12. The average Bonchev–Trinajstić information content (AvgIpc) is 2.93. The Labute approximate surface area is 167 Å². The normalized spacial score (nSPS) is 30.0. The molecule has 5 unspecified atom stereocenters. The van der Waals surface area contributed by atoms with Crippen molar-refractivity contribution in [3.8, 4) is 0 Å². The van der Waals surface area contributed by atoms with E-state index in [1.54, 1.807) is 10.9 Å². The monoisotopic (exact) mass is 486 g/mol. The van der Waals surface area contributed by atoms with E-state index < -0.39 is 29.6 Å². The number of nitrogens with zero attached hydrogens (tertiary/aromatic N) is 4. The van der Waals surface area contributed by atoms with Gasteiger partial charge < -0.3 is 35.6 Å². The molecule has 0 spiro atoms. The summed E-state index contributed by atoms with van der Waals surface area (Å²) in [6, 6.07) is -0.0699. The standard InChI is InChI=1S/C11H17N6O10P3/c12-9-7-10(16-11(13)15-9)17(3-14-7)4-1-5-6(2-4)8(5)25-29(21,22)27-30(23,24)26-28(18,19)20/h3-6,8H,1-2H2,(H,21,22)(H,23,24)(H2,18,19,20)(H4,12,13,15,16)/t4?,5-,6?,8?/m0/s1. The van der Waals surface area contributed by atoms with Gasteiger partial charge >= 0.3 is 23.5 Å². The average molecular weight is 486 g/mol. The Morgan fingerprint density at radius 2 is 1.63 bits per heavy atom. The topological polar surface area (TPSA) is 255 Å². The quantitative estimate of drug-likeness (QED) is 0.287. The summed E-state index contributed by atoms with van der Waals surface area (Å²) in [6.07, 6.45) is 1.83. The molecule has 0 saturated heterocycles. The van der Waals surface area contributed by atoms with Crippen LogP contribution in [-0.4, -0.2) is 45.2 Å². The molecule has 0 radical (unpaired) electrons. The van der Waals surface area contributed by atoms with Gasteiger partial charge in [0.2, 0.25) is 5.95 Å². The molecule has 19 heteroatoms. The maximum atomic E-state index is 11.9. The van der Waals surface area contributed by atoms with E-state index >= 15 is 0 Å². The number of imidazole rings is 1. The molecule has 6 atom stereocenters. The van der Waals surface area contributed by atoms with Crippen LogP contribution in [0.15, 0.2) is 6.33 Å². The summed E-state index contributed by atoms with van der Waals surface area (Å²) >= 11 is 0. The number of anilines is 2. The third-order valence-corrected chi connectivity index (χ3v) is 8.71. The van der Waals surface area contributed by atoms with Gasteiger partial charge in [0.25, 0.3) is 0 Å². The molecule has 2 aliphatic carbocycles. The first-order valence-corrected chi connectivity index (χ1v) is 12.8. The predicted octanol–water partition coefficient (Wildman–Crippen LogP) is 0.283. The molecule has 4 rings (SSSR count). The minimum Gasteiger partial charge on any atom is -0.382 e. The Morgan fingerprint density at radius 1 is 1.00 bits per heavy atom. The Morgan fingerprint density at radius 3 is 2.23 bits per heavy atom. The highest BCUT2D eigenvalue weighted by molar-refractivity contribution is 7.66.